The highest BCUT2D eigenvalue weighted by atomic mass is 16.5. The third kappa shape index (κ3) is 7.98. The fourth-order valence-corrected chi connectivity index (χ4v) is 0.971. The first-order valence-corrected chi connectivity index (χ1v) is 4.69. The average Bonchev–Trinajstić information content (AvgIpc) is 2.05. The molecule has 74 valence electrons. The third-order valence-corrected chi connectivity index (χ3v) is 1.72. The van der Waals surface area contributed by atoms with Crippen molar-refractivity contribution in [2.24, 2.45) is 0 Å². The van der Waals surface area contributed by atoms with Gasteiger partial charge in [-0.15, -0.1) is 0 Å². The molecule has 0 fully saturated rings. The van der Waals surface area contributed by atoms with E-state index in [2.05, 4.69) is 12.2 Å². The molecule has 0 aliphatic heterocycles. The van der Waals surface area contributed by atoms with Crippen molar-refractivity contribution < 1.29 is 9.84 Å². The lowest BCUT2D eigenvalue weighted by Crippen LogP contribution is -2.23. The van der Waals surface area contributed by atoms with Crippen molar-refractivity contribution in [3.8, 4) is 0 Å². The zero-order chi connectivity index (χ0) is 9.23. The molecule has 0 aromatic rings. The monoisotopic (exact) mass is 175 g/mol. The maximum atomic E-state index is 9.24. The molecule has 0 heterocycles. The summed E-state index contributed by atoms with van der Waals surface area (Å²) in [6.45, 7) is 4.54. The van der Waals surface area contributed by atoms with Gasteiger partial charge < -0.3 is 15.2 Å². The highest BCUT2D eigenvalue weighted by Crippen LogP contribution is 1.90. The molecule has 0 bridgehead atoms. The van der Waals surface area contributed by atoms with Crippen molar-refractivity contribution in [2.45, 2.75) is 32.3 Å². The van der Waals surface area contributed by atoms with E-state index in [9.17, 15) is 5.11 Å². The van der Waals surface area contributed by atoms with Gasteiger partial charge in [0.05, 0.1) is 12.7 Å². The van der Waals surface area contributed by atoms with E-state index in [4.69, 9.17) is 4.74 Å². The van der Waals surface area contributed by atoms with E-state index in [1.807, 2.05) is 0 Å². The standard InChI is InChI=1S/C9H21NO2/c1-3-4-6-10-7-5-9(11)8-12-2/h9-11H,3-8H2,1-2H3. The van der Waals surface area contributed by atoms with Crippen LogP contribution in [0.15, 0.2) is 0 Å². The maximum absolute atomic E-state index is 9.24. The van der Waals surface area contributed by atoms with E-state index in [0.717, 1.165) is 19.5 Å². The van der Waals surface area contributed by atoms with Crippen LogP contribution in [-0.4, -0.2) is 38.0 Å². The van der Waals surface area contributed by atoms with E-state index in [1.165, 1.54) is 12.8 Å². The molecule has 0 saturated carbocycles. The first-order chi connectivity index (χ1) is 5.81. The van der Waals surface area contributed by atoms with Crippen LogP contribution in [0.2, 0.25) is 0 Å². The van der Waals surface area contributed by atoms with Crippen molar-refractivity contribution in [3.63, 3.8) is 0 Å². The molecule has 3 nitrogen and oxygen atoms in total. The molecule has 0 rings (SSSR count). The molecule has 1 unspecified atom stereocenters. The summed E-state index contributed by atoms with van der Waals surface area (Å²) >= 11 is 0. The van der Waals surface area contributed by atoms with Crippen LogP contribution in [0.4, 0.5) is 0 Å². The predicted octanol–water partition coefficient (Wildman–Crippen LogP) is 0.773. The Morgan fingerprint density at radius 1 is 1.42 bits per heavy atom. The number of ether oxygens (including phenoxy) is 1. The molecule has 0 aliphatic carbocycles. The van der Waals surface area contributed by atoms with Crippen molar-refractivity contribution >= 4 is 0 Å². The molecular formula is C9H21NO2. The van der Waals surface area contributed by atoms with Crippen LogP contribution in [0, 0.1) is 0 Å². The summed E-state index contributed by atoms with van der Waals surface area (Å²) in [7, 11) is 1.60. The van der Waals surface area contributed by atoms with Crippen LogP contribution >= 0.6 is 0 Å². The number of methoxy groups -OCH3 is 1. The Hall–Kier alpha value is -0.120. The van der Waals surface area contributed by atoms with E-state index < -0.39 is 0 Å². The second kappa shape index (κ2) is 8.97. The van der Waals surface area contributed by atoms with Gasteiger partial charge >= 0.3 is 0 Å². The van der Waals surface area contributed by atoms with Gasteiger partial charge in [0.2, 0.25) is 0 Å². The molecular weight excluding hydrogens is 154 g/mol. The van der Waals surface area contributed by atoms with Crippen LogP contribution in [0.5, 0.6) is 0 Å². The number of hydrogen-bond acceptors (Lipinski definition) is 3. The Labute approximate surface area is 75.1 Å². The van der Waals surface area contributed by atoms with Crippen molar-refractivity contribution in [3.05, 3.63) is 0 Å². The fraction of sp³-hybridized carbons (Fsp3) is 1.00. The lowest BCUT2D eigenvalue weighted by Gasteiger charge is -2.09. The average molecular weight is 175 g/mol. The first-order valence-electron chi connectivity index (χ1n) is 4.69. The molecule has 0 aromatic heterocycles. The second-order valence-corrected chi connectivity index (χ2v) is 3.00. The molecule has 0 aliphatic rings. The van der Waals surface area contributed by atoms with Crippen LogP contribution < -0.4 is 5.32 Å². The molecule has 0 spiro atoms. The fourth-order valence-electron chi connectivity index (χ4n) is 0.971. The second-order valence-electron chi connectivity index (χ2n) is 3.00. The van der Waals surface area contributed by atoms with Gasteiger partial charge in [-0.2, -0.15) is 0 Å². The highest BCUT2D eigenvalue weighted by molar-refractivity contribution is 4.56. The Bertz CT molecular complexity index is 88.6. The molecule has 0 aromatic carbocycles. The highest BCUT2D eigenvalue weighted by Gasteiger charge is 2.01. The van der Waals surface area contributed by atoms with E-state index in [0.29, 0.717) is 6.61 Å². The number of rotatable bonds is 8. The number of hydrogen-bond donors (Lipinski definition) is 2. The van der Waals surface area contributed by atoms with Gasteiger partial charge in [-0.1, -0.05) is 13.3 Å². The molecule has 2 N–H and O–H groups in total. The van der Waals surface area contributed by atoms with Crippen LogP contribution in [0.3, 0.4) is 0 Å². The lowest BCUT2D eigenvalue weighted by molar-refractivity contribution is 0.0595. The summed E-state index contributed by atoms with van der Waals surface area (Å²) in [5, 5.41) is 12.5. The molecule has 0 saturated heterocycles. The number of aliphatic hydroxyl groups is 1. The Balaban J connectivity index is 2.97. The largest absolute Gasteiger partial charge is 0.391 e. The number of nitrogens with one attached hydrogen (secondary N) is 1. The van der Waals surface area contributed by atoms with Crippen molar-refractivity contribution in [1.82, 2.24) is 5.32 Å². The lowest BCUT2D eigenvalue weighted by atomic mass is 10.2. The summed E-state index contributed by atoms with van der Waals surface area (Å²) in [5.41, 5.74) is 0. The molecule has 0 radical (unpaired) electrons. The SMILES string of the molecule is CCCCNCCC(O)COC. The van der Waals surface area contributed by atoms with Crippen LogP contribution in [0.25, 0.3) is 0 Å². The van der Waals surface area contributed by atoms with Crippen molar-refractivity contribution in [2.75, 3.05) is 26.8 Å². The quantitative estimate of drug-likeness (QED) is 0.535. The van der Waals surface area contributed by atoms with Gasteiger partial charge in [0.1, 0.15) is 0 Å². The Morgan fingerprint density at radius 2 is 2.17 bits per heavy atom. The Morgan fingerprint density at radius 3 is 2.75 bits per heavy atom. The first kappa shape index (κ1) is 11.9. The predicted molar refractivity (Wildman–Crippen MR) is 50.3 cm³/mol. The minimum absolute atomic E-state index is 0.316. The molecule has 1 atom stereocenters. The van der Waals surface area contributed by atoms with Crippen LogP contribution in [-0.2, 0) is 4.74 Å². The Kier molecular flexibility index (Phi) is 8.88. The summed E-state index contributed by atoms with van der Waals surface area (Å²) < 4.78 is 4.80. The van der Waals surface area contributed by atoms with Gasteiger partial charge in [0.25, 0.3) is 0 Å². The van der Waals surface area contributed by atoms with E-state index in [-0.39, 0.29) is 6.10 Å². The van der Waals surface area contributed by atoms with Gasteiger partial charge in [-0.25, -0.2) is 0 Å². The zero-order valence-corrected chi connectivity index (χ0v) is 8.18. The minimum atomic E-state index is -0.316. The topological polar surface area (TPSA) is 41.5 Å². The molecule has 0 amide bonds. The molecule has 3 heteroatoms. The molecule has 12 heavy (non-hydrogen) atoms. The smallest absolute Gasteiger partial charge is 0.0785 e. The summed E-state index contributed by atoms with van der Waals surface area (Å²) in [6, 6.07) is 0. The van der Waals surface area contributed by atoms with Gasteiger partial charge in [0.15, 0.2) is 0 Å². The number of aliphatic hydroxyl groups excluding tert-OH is 1. The third-order valence-electron chi connectivity index (χ3n) is 1.72. The normalized spacial score (nSPS) is 13.2. The zero-order valence-electron chi connectivity index (χ0n) is 8.18. The van der Waals surface area contributed by atoms with Gasteiger partial charge in [0, 0.05) is 7.11 Å². The van der Waals surface area contributed by atoms with Gasteiger partial charge in [-0.3, -0.25) is 0 Å². The van der Waals surface area contributed by atoms with E-state index in [1.54, 1.807) is 7.11 Å². The maximum Gasteiger partial charge on any atom is 0.0785 e. The minimum Gasteiger partial charge on any atom is -0.391 e. The van der Waals surface area contributed by atoms with Crippen molar-refractivity contribution in [1.29, 1.82) is 0 Å². The summed E-state index contributed by atoms with van der Waals surface area (Å²) in [5.74, 6) is 0. The van der Waals surface area contributed by atoms with Gasteiger partial charge in [-0.05, 0) is 25.9 Å². The number of unbranched alkanes of at least 4 members (excludes halogenated alkanes) is 1. The van der Waals surface area contributed by atoms with E-state index >= 15 is 0 Å². The van der Waals surface area contributed by atoms with Crippen LogP contribution in [0.1, 0.15) is 26.2 Å². The summed E-state index contributed by atoms with van der Waals surface area (Å²) in [6.07, 6.45) is 2.88. The summed E-state index contributed by atoms with van der Waals surface area (Å²) in [4.78, 5) is 0.